The van der Waals surface area contributed by atoms with E-state index >= 15 is 0 Å². The van der Waals surface area contributed by atoms with Gasteiger partial charge in [0.2, 0.25) is 5.91 Å². The fourth-order valence-electron chi connectivity index (χ4n) is 3.48. The zero-order valence-electron chi connectivity index (χ0n) is 14.6. The Balaban J connectivity index is 1.49. The third-order valence-corrected chi connectivity index (χ3v) is 5.31. The minimum absolute atomic E-state index is 0.0195. The smallest absolute Gasteiger partial charge is 0.322 e. The van der Waals surface area contributed by atoms with Crippen LogP contribution in [-0.2, 0) is 9.59 Å². The Hall–Kier alpha value is -2.28. The maximum Gasteiger partial charge on any atom is 0.322 e. The van der Waals surface area contributed by atoms with E-state index < -0.39 is 12.1 Å². The van der Waals surface area contributed by atoms with Crippen LogP contribution in [0.2, 0.25) is 5.02 Å². The average Bonchev–Trinajstić information content (AvgIpc) is 2.97. The number of benzene rings is 1. The van der Waals surface area contributed by atoms with Crippen molar-refractivity contribution >= 4 is 29.4 Å². The lowest BCUT2D eigenvalue weighted by atomic mass is 9.89. The highest BCUT2D eigenvalue weighted by atomic mass is 35.5. The van der Waals surface area contributed by atoms with Crippen LogP contribution >= 0.6 is 11.6 Å². The molecule has 0 spiro atoms. The highest BCUT2D eigenvalue weighted by molar-refractivity contribution is 6.32. The molecule has 1 aromatic rings. The predicted octanol–water partition coefficient (Wildman–Crippen LogP) is 2.04. The van der Waals surface area contributed by atoms with Crippen molar-refractivity contribution in [2.45, 2.75) is 37.6 Å². The van der Waals surface area contributed by atoms with E-state index in [0.717, 1.165) is 12.8 Å². The number of piperidine rings is 1. The second-order valence-electron chi connectivity index (χ2n) is 6.60. The van der Waals surface area contributed by atoms with E-state index in [1.807, 2.05) is 23.1 Å². The van der Waals surface area contributed by atoms with Crippen molar-refractivity contribution in [2.75, 3.05) is 20.2 Å². The molecule has 2 aliphatic heterocycles. The van der Waals surface area contributed by atoms with Crippen molar-refractivity contribution in [1.82, 2.24) is 15.5 Å². The lowest BCUT2D eigenvalue weighted by molar-refractivity contribution is -0.132. The summed E-state index contributed by atoms with van der Waals surface area (Å²) < 4.78 is 5.27. The minimum atomic E-state index is -0.606. The summed E-state index contributed by atoms with van der Waals surface area (Å²) in [6.45, 7) is 1.36. The molecule has 4 amide bonds. The number of ether oxygens (including phenoxy) is 1. The van der Waals surface area contributed by atoms with Gasteiger partial charge in [-0.25, -0.2) is 4.79 Å². The molecule has 2 heterocycles. The molecular weight excluding hydrogens is 358 g/mol. The van der Waals surface area contributed by atoms with Gasteiger partial charge in [-0.05, 0) is 42.9 Å². The van der Waals surface area contributed by atoms with E-state index in [0.29, 0.717) is 36.2 Å². The number of halogens is 1. The Morgan fingerprint density at radius 2 is 2.04 bits per heavy atom. The van der Waals surface area contributed by atoms with Crippen LogP contribution < -0.4 is 15.4 Å². The molecule has 0 bridgehead atoms. The molecule has 0 aliphatic carbocycles. The number of carbonyl (C=O) groups excluding carboxylic acids is 3. The summed E-state index contributed by atoms with van der Waals surface area (Å²) in [7, 11) is 1.60. The molecule has 2 fully saturated rings. The number of hydrogen-bond acceptors (Lipinski definition) is 4. The lowest BCUT2D eigenvalue weighted by Gasteiger charge is -2.32. The highest BCUT2D eigenvalue weighted by Gasteiger charge is 2.31. The van der Waals surface area contributed by atoms with Crippen molar-refractivity contribution in [2.24, 2.45) is 0 Å². The van der Waals surface area contributed by atoms with Crippen LogP contribution in [0.15, 0.2) is 18.2 Å². The van der Waals surface area contributed by atoms with E-state index in [9.17, 15) is 14.4 Å². The van der Waals surface area contributed by atoms with Gasteiger partial charge in [-0.3, -0.25) is 14.9 Å². The number of rotatable bonds is 5. The zero-order chi connectivity index (χ0) is 18.7. The molecule has 0 aromatic heterocycles. The molecule has 2 aliphatic rings. The number of nitrogens with one attached hydrogen (secondary N) is 2. The number of amides is 4. The fourth-order valence-corrected chi connectivity index (χ4v) is 3.68. The second-order valence-corrected chi connectivity index (χ2v) is 7.01. The first-order chi connectivity index (χ1) is 12.5. The summed E-state index contributed by atoms with van der Waals surface area (Å²) in [5.41, 5.74) is 1.17. The number of nitrogens with zero attached hydrogens (tertiary/aromatic N) is 1. The van der Waals surface area contributed by atoms with Crippen LogP contribution in [0.3, 0.4) is 0 Å². The summed E-state index contributed by atoms with van der Waals surface area (Å²) in [5, 5.41) is 5.28. The summed E-state index contributed by atoms with van der Waals surface area (Å²) in [6, 6.07) is 4.71. The Kier molecular flexibility index (Phi) is 5.66. The van der Waals surface area contributed by atoms with Gasteiger partial charge < -0.3 is 15.0 Å². The van der Waals surface area contributed by atoms with Crippen molar-refractivity contribution in [3.05, 3.63) is 28.8 Å². The number of methoxy groups -OCH3 is 1. The molecule has 1 atom stereocenters. The Bertz CT molecular complexity index is 716. The molecule has 26 heavy (non-hydrogen) atoms. The number of carbonyl (C=O) groups is 3. The Labute approximate surface area is 157 Å². The van der Waals surface area contributed by atoms with Crippen LogP contribution in [0.25, 0.3) is 0 Å². The number of hydrogen-bond donors (Lipinski definition) is 2. The van der Waals surface area contributed by atoms with E-state index in [1.165, 1.54) is 5.56 Å². The largest absolute Gasteiger partial charge is 0.495 e. The van der Waals surface area contributed by atoms with Gasteiger partial charge >= 0.3 is 6.03 Å². The van der Waals surface area contributed by atoms with Gasteiger partial charge in [0.25, 0.3) is 5.91 Å². The van der Waals surface area contributed by atoms with Crippen molar-refractivity contribution in [3.63, 3.8) is 0 Å². The summed E-state index contributed by atoms with van der Waals surface area (Å²) in [5.74, 6) is 0.689. The topological polar surface area (TPSA) is 87.7 Å². The highest BCUT2D eigenvalue weighted by Crippen LogP contribution is 2.33. The zero-order valence-corrected chi connectivity index (χ0v) is 15.3. The van der Waals surface area contributed by atoms with E-state index in [-0.39, 0.29) is 18.2 Å². The van der Waals surface area contributed by atoms with Crippen LogP contribution in [0.1, 0.15) is 37.2 Å². The van der Waals surface area contributed by atoms with Gasteiger partial charge in [0.05, 0.1) is 12.1 Å². The van der Waals surface area contributed by atoms with Gasteiger partial charge in [-0.2, -0.15) is 0 Å². The van der Waals surface area contributed by atoms with Gasteiger partial charge in [-0.15, -0.1) is 0 Å². The second kappa shape index (κ2) is 7.95. The summed E-state index contributed by atoms with van der Waals surface area (Å²) in [4.78, 5) is 36.8. The number of imide groups is 1. The maximum absolute atomic E-state index is 12.4. The van der Waals surface area contributed by atoms with Crippen LogP contribution in [0, 0.1) is 0 Å². The third kappa shape index (κ3) is 4.09. The standard InChI is InChI=1S/C18H22ClN3O4/c1-26-15-10-12(2-3-13(15)19)11-6-8-22(9-7-11)16(23)5-4-14-17(24)21-18(25)20-14/h2-3,10-11,14H,4-9H2,1H3,(H2,20,21,24,25)/t14-/m1/s1. The van der Waals surface area contributed by atoms with E-state index in [1.54, 1.807) is 7.11 Å². The van der Waals surface area contributed by atoms with Crippen molar-refractivity contribution in [1.29, 1.82) is 0 Å². The first kappa shape index (κ1) is 18.5. The predicted molar refractivity (Wildman–Crippen MR) is 96.3 cm³/mol. The average molecular weight is 380 g/mol. The molecule has 7 nitrogen and oxygen atoms in total. The first-order valence-electron chi connectivity index (χ1n) is 8.70. The van der Waals surface area contributed by atoms with Gasteiger partial charge in [0.15, 0.2) is 0 Å². The first-order valence-corrected chi connectivity index (χ1v) is 9.08. The van der Waals surface area contributed by atoms with Crippen molar-refractivity contribution in [3.8, 4) is 5.75 Å². The lowest BCUT2D eigenvalue weighted by Crippen LogP contribution is -2.39. The Morgan fingerprint density at radius 3 is 2.65 bits per heavy atom. The SMILES string of the molecule is COc1cc(C2CCN(C(=O)CC[C@H]3NC(=O)NC3=O)CC2)ccc1Cl. The molecule has 140 valence electrons. The van der Waals surface area contributed by atoms with Crippen LogP contribution in [0.5, 0.6) is 5.75 Å². The summed E-state index contributed by atoms with van der Waals surface area (Å²) in [6.07, 6.45) is 2.32. The van der Waals surface area contributed by atoms with Gasteiger partial charge in [0, 0.05) is 19.5 Å². The molecule has 2 saturated heterocycles. The quantitative estimate of drug-likeness (QED) is 0.766. The molecule has 0 saturated carbocycles. The normalized spacial score (nSPS) is 20.7. The number of likely N-dealkylation sites (tertiary alicyclic amines) is 1. The third-order valence-electron chi connectivity index (χ3n) is 5.00. The monoisotopic (exact) mass is 379 g/mol. The van der Waals surface area contributed by atoms with Crippen LogP contribution in [-0.4, -0.2) is 49.0 Å². The van der Waals surface area contributed by atoms with E-state index in [2.05, 4.69) is 10.6 Å². The van der Waals surface area contributed by atoms with Gasteiger partial charge in [-0.1, -0.05) is 17.7 Å². The molecule has 2 N–H and O–H groups in total. The summed E-state index contributed by atoms with van der Waals surface area (Å²) >= 11 is 6.08. The number of urea groups is 1. The molecule has 3 rings (SSSR count). The minimum Gasteiger partial charge on any atom is -0.495 e. The van der Waals surface area contributed by atoms with Crippen LogP contribution in [0.4, 0.5) is 4.79 Å². The maximum atomic E-state index is 12.4. The Morgan fingerprint density at radius 1 is 1.31 bits per heavy atom. The molecule has 8 heteroatoms. The molecule has 0 radical (unpaired) electrons. The molecule has 0 unspecified atom stereocenters. The molecule has 1 aromatic carbocycles. The van der Waals surface area contributed by atoms with Gasteiger partial charge in [0.1, 0.15) is 11.8 Å². The van der Waals surface area contributed by atoms with E-state index in [4.69, 9.17) is 16.3 Å². The van der Waals surface area contributed by atoms with Crippen molar-refractivity contribution < 1.29 is 19.1 Å². The molecular formula is C18H22ClN3O4. The fraction of sp³-hybridized carbons (Fsp3) is 0.500.